The Hall–Kier alpha value is -0.410. The van der Waals surface area contributed by atoms with Crippen LogP contribution in [0, 0.1) is 0 Å². The molecule has 5 heteroatoms. The van der Waals surface area contributed by atoms with Gasteiger partial charge in [-0.1, -0.05) is 154 Å². The summed E-state index contributed by atoms with van der Waals surface area (Å²) in [5, 5.41) is 6.14. The van der Waals surface area contributed by atoms with E-state index in [4.69, 9.17) is 5.50 Å². The average molecular weight is 596 g/mol. The molecule has 0 saturated carbocycles. The van der Waals surface area contributed by atoms with Gasteiger partial charge in [0.2, 0.25) is 0 Å². The van der Waals surface area contributed by atoms with E-state index in [0.29, 0.717) is 0 Å². The van der Waals surface area contributed by atoms with Crippen molar-refractivity contribution in [1.29, 1.82) is 0 Å². The molecule has 0 fully saturated rings. The van der Waals surface area contributed by atoms with E-state index in [2.05, 4.69) is 48.3 Å². The van der Waals surface area contributed by atoms with Crippen LogP contribution in [0.25, 0.3) is 0 Å². The van der Waals surface area contributed by atoms with Crippen molar-refractivity contribution in [1.82, 2.24) is 10.2 Å². The van der Waals surface area contributed by atoms with E-state index in [1.54, 1.807) is 0 Å². The van der Waals surface area contributed by atoms with Gasteiger partial charge in [-0.2, -0.15) is 0 Å². The van der Waals surface area contributed by atoms with Gasteiger partial charge in [0, 0.05) is 13.1 Å². The summed E-state index contributed by atoms with van der Waals surface area (Å²) >= 11 is 0. The monoisotopic (exact) mass is 596 g/mol. The molecule has 0 radical (unpaired) electrons. The van der Waals surface area contributed by atoms with Crippen molar-refractivity contribution >= 4 is 7.59 Å². The van der Waals surface area contributed by atoms with Gasteiger partial charge in [-0.25, -0.2) is 10.2 Å². The van der Waals surface area contributed by atoms with Crippen LogP contribution in [-0.4, -0.2) is 13.1 Å². The third-order valence-electron chi connectivity index (χ3n) is 8.07. The Morgan fingerprint density at radius 1 is 0.415 bits per heavy atom. The second-order valence-electron chi connectivity index (χ2n) is 12.3. The Morgan fingerprint density at radius 2 is 0.659 bits per heavy atom. The van der Waals surface area contributed by atoms with E-state index < -0.39 is 7.59 Å². The molecule has 0 heterocycles. The van der Waals surface area contributed by atoms with Crippen molar-refractivity contribution < 1.29 is 4.57 Å². The summed E-state index contributed by atoms with van der Waals surface area (Å²) in [5.74, 6) is 0. The zero-order valence-electron chi connectivity index (χ0n) is 28.0. The van der Waals surface area contributed by atoms with Crippen LogP contribution in [0.3, 0.4) is 0 Å². The molecular weight excluding hydrogens is 521 g/mol. The van der Waals surface area contributed by atoms with E-state index in [-0.39, 0.29) is 0 Å². The maximum Gasteiger partial charge on any atom is 0.276 e. The second-order valence-corrected chi connectivity index (χ2v) is 14.3. The summed E-state index contributed by atoms with van der Waals surface area (Å²) in [6.07, 6.45) is 46.1. The van der Waals surface area contributed by atoms with Crippen molar-refractivity contribution in [2.75, 3.05) is 13.1 Å². The molecule has 4 N–H and O–H groups in total. The highest BCUT2D eigenvalue weighted by Crippen LogP contribution is 2.24. The van der Waals surface area contributed by atoms with Gasteiger partial charge in [0.25, 0.3) is 7.59 Å². The first-order valence-corrected chi connectivity index (χ1v) is 20.1. The van der Waals surface area contributed by atoms with Crippen LogP contribution in [0.15, 0.2) is 24.3 Å². The summed E-state index contributed by atoms with van der Waals surface area (Å²) in [6, 6.07) is 0. The number of nitrogens with two attached hydrogens (primary N) is 1. The molecule has 0 atom stereocenters. The first-order valence-electron chi connectivity index (χ1n) is 18.3. The molecular formula is C36H74N3OP. The maximum atomic E-state index is 12.5. The largest absolute Gasteiger partial charge is 0.276 e. The molecule has 0 aromatic heterocycles. The molecule has 4 nitrogen and oxygen atoms in total. The number of rotatable bonds is 34. The molecule has 0 aliphatic heterocycles. The number of nitrogens with one attached hydrogen (secondary N) is 2. The van der Waals surface area contributed by atoms with Gasteiger partial charge in [-0.15, -0.1) is 0 Å². The van der Waals surface area contributed by atoms with Crippen molar-refractivity contribution in [3.63, 3.8) is 0 Å². The normalized spacial score (nSPS) is 12.4. The first kappa shape index (κ1) is 40.6. The maximum absolute atomic E-state index is 12.5. The molecule has 0 spiro atoms. The lowest BCUT2D eigenvalue weighted by molar-refractivity contribution is 0.539. The fraction of sp³-hybridized carbons (Fsp3) is 0.889. The minimum absolute atomic E-state index is 0.745. The topological polar surface area (TPSA) is 67.1 Å². The summed E-state index contributed by atoms with van der Waals surface area (Å²) in [7, 11) is -2.89. The van der Waals surface area contributed by atoms with E-state index in [1.165, 1.54) is 167 Å². The highest BCUT2D eigenvalue weighted by molar-refractivity contribution is 7.57. The molecule has 0 aliphatic rings. The average Bonchev–Trinajstić information content (AvgIpc) is 2.96. The number of hydrogen-bond acceptors (Lipinski definition) is 1. The van der Waals surface area contributed by atoms with Gasteiger partial charge in [0.05, 0.1) is 0 Å². The molecule has 0 unspecified atom stereocenters. The molecule has 0 bridgehead atoms. The highest BCUT2D eigenvalue weighted by Gasteiger charge is 2.12. The van der Waals surface area contributed by atoms with Crippen LogP contribution in [0.2, 0.25) is 0 Å². The number of allylic oxidation sites excluding steroid dienone is 4. The van der Waals surface area contributed by atoms with Crippen LogP contribution >= 0.6 is 7.59 Å². The van der Waals surface area contributed by atoms with Crippen molar-refractivity contribution in [3.05, 3.63) is 24.3 Å². The minimum atomic E-state index is -2.89. The minimum Gasteiger partial charge on any atom is -0.271 e. The van der Waals surface area contributed by atoms with Crippen molar-refractivity contribution in [2.24, 2.45) is 5.50 Å². The Labute approximate surface area is 258 Å². The lowest BCUT2D eigenvalue weighted by Gasteiger charge is -2.15. The second kappa shape index (κ2) is 34.1. The van der Waals surface area contributed by atoms with Crippen LogP contribution in [0.1, 0.15) is 194 Å². The Morgan fingerprint density at radius 3 is 0.951 bits per heavy atom. The van der Waals surface area contributed by atoms with E-state index in [9.17, 15) is 4.57 Å². The summed E-state index contributed by atoms with van der Waals surface area (Å²) < 4.78 is 12.5. The summed E-state index contributed by atoms with van der Waals surface area (Å²) in [6.45, 7) is 6.05. The molecule has 0 aromatic rings. The number of unbranched alkanes of at least 4 members (excludes halogenated alkanes) is 24. The van der Waals surface area contributed by atoms with Crippen LogP contribution in [-0.2, 0) is 4.57 Å². The molecule has 0 aromatic carbocycles. The van der Waals surface area contributed by atoms with Gasteiger partial charge >= 0.3 is 0 Å². The lowest BCUT2D eigenvalue weighted by atomic mass is 10.1. The molecule has 0 amide bonds. The van der Waals surface area contributed by atoms with Crippen molar-refractivity contribution in [3.8, 4) is 0 Å². The zero-order chi connectivity index (χ0) is 30.0. The van der Waals surface area contributed by atoms with E-state index in [0.717, 1.165) is 25.9 Å². The predicted octanol–water partition coefficient (Wildman–Crippen LogP) is 12.3. The summed E-state index contributed by atoms with van der Waals surface area (Å²) in [4.78, 5) is 0. The van der Waals surface area contributed by atoms with Crippen molar-refractivity contribution in [2.45, 2.75) is 194 Å². The van der Waals surface area contributed by atoms with E-state index in [1.807, 2.05) is 0 Å². The fourth-order valence-corrected chi connectivity index (χ4v) is 6.38. The van der Waals surface area contributed by atoms with Crippen LogP contribution in [0.4, 0.5) is 0 Å². The molecule has 0 saturated heterocycles. The van der Waals surface area contributed by atoms with Gasteiger partial charge in [0.15, 0.2) is 0 Å². The van der Waals surface area contributed by atoms with E-state index >= 15 is 0 Å². The Kier molecular flexibility index (Phi) is 33.7. The highest BCUT2D eigenvalue weighted by atomic mass is 31.2. The van der Waals surface area contributed by atoms with Crippen LogP contribution < -0.4 is 15.7 Å². The van der Waals surface area contributed by atoms with Gasteiger partial charge in [0.1, 0.15) is 0 Å². The Balaban J connectivity index is 3.35. The molecule has 244 valence electrons. The standard InChI is InChI=1S/C36H74N3OP/c1-3-5-7-9-11-13-15-17-19-21-23-25-27-29-31-33-35-38-41(37,40)39-36-34-32-30-28-26-24-22-20-18-16-14-12-10-8-6-4-2/h17-20H,3-16,21-36H2,1-2H3,(H4,37,38,39,40)/b19-17-,20-18-. The quantitative estimate of drug-likeness (QED) is 0.0393. The SMILES string of the molecule is CCCCCCCC/C=C\CCCCCCCCNP(N)(=O)NCCCCCCCC/C=C\CCCCCCCC. The Bertz CT molecular complexity index is 560. The number of hydrogen-bond donors (Lipinski definition) is 3. The third-order valence-corrected chi connectivity index (χ3v) is 9.46. The third kappa shape index (κ3) is 35.7. The summed E-state index contributed by atoms with van der Waals surface area (Å²) in [5.41, 5.74) is 5.97. The first-order chi connectivity index (χ1) is 20.1. The van der Waals surface area contributed by atoms with Gasteiger partial charge < -0.3 is 0 Å². The molecule has 0 aliphatic carbocycles. The lowest BCUT2D eigenvalue weighted by Crippen LogP contribution is -2.29. The zero-order valence-corrected chi connectivity index (χ0v) is 28.8. The van der Waals surface area contributed by atoms with Gasteiger partial charge in [-0.05, 0) is 64.2 Å². The fourth-order valence-electron chi connectivity index (χ4n) is 5.29. The van der Waals surface area contributed by atoms with Crippen LogP contribution in [0.5, 0.6) is 0 Å². The van der Waals surface area contributed by atoms with Gasteiger partial charge in [-0.3, -0.25) is 10.1 Å². The smallest absolute Gasteiger partial charge is 0.271 e. The predicted molar refractivity (Wildman–Crippen MR) is 187 cm³/mol. The molecule has 41 heavy (non-hydrogen) atoms. The molecule has 0 rings (SSSR count).